The van der Waals surface area contributed by atoms with Gasteiger partial charge in [0.25, 0.3) is 5.91 Å². The summed E-state index contributed by atoms with van der Waals surface area (Å²) in [6, 6.07) is 7.54. The fourth-order valence-corrected chi connectivity index (χ4v) is 7.76. The second-order valence-electron chi connectivity index (χ2n) is 12.6. The van der Waals surface area contributed by atoms with Crippen molar-refractivity contribution in [3.8, 4) is 5.69 Å². The lowest BCUT2D eigenvalue weighted by Crippen LogP contribution is -2.70. The monoisotopic (exact) mass is 552 g/mol. The Hall–Kier alpha value is -2.37. The van der Waals surface area contributed by atoms with E-state index in [4.69, 9.17) is 24.0 Å². The van der Waals surface area contributed by atoms with Crippen molar-refractivity contribution in [1.82, 2.24) is 19.9 Å². The highest BCUT2D eigenvalue weighted by atomic mass is 17.3. The first-order chi connectivity index (χ1) is 19.4. The molecule has 1 aromatic heterocycles. The molecule has 1 saturated carbocycles. The van der Waals surface area contributed by atoms with E-state index in [0.29, 0.717) is 23.1 Å². The first kappa shape index (κ1) is 26.5. The molecule has 10 heteroatoms. The maximum absolute atomic E-state index is 12.8. The Kier molecular flexibility index (Phi) is 6.74. The zero-order valence-corrected chi connectivity index (χ0v) is 23.7. The third kappa shape index (κ3) is 4.39. The van der Waals surface area contributed by atoms with E-state index in [9.17, 15) is 4.79 Å². The molecular formula is C30H40N4O6. The van der Waals surface area contributed by atoms with Gasteiger partial charge in [0.1, 0.15) is 5.69 Å². The molecule has 1 amide bonds. The van der Waals surface area contributed by atoms with Crippen LogP contribution >= 0.6 is 0 Å². The fraction of sp³-hybridized carbons (Fsp3) is 0.700. The van der Waals surface area contributed by atoms with Crippen LogP contribution in [0.1, 0.15) is 81.8 Å². The maximum Gasteiger partial charge on any atom is 0.253 e. The van der Waals surface area contributed by atoms with Gasteiger partial charge in [0.2, 0.25) is 5.79 Å². The van der Waals surface area contributed by atoms with E-state index in [1.54, 1.807) is 4.68 Å². The molecule has 2 bridgehead atoms. The lowest BCUT2D eigenvalue weighted by molar-refractivity contribution is -0.577. The number of amides is 1. The van der Waals surface area contributed by atoms with Crippen LogP contribution in [0.3, 0.4) is 0 Å². The van der Waals surface area contributed by atoms with Gasteiger partial charge in [-0.05, 0) is 81.5 Å². The van der Waals surface area contributed by atoms with Crippen molar-refractivity contribution in [2.45, 2.75) is 96.3 Å². The van der Waals surface area contributed by atoms with Crippen molar-refractivity contribution in [2.24, 2.45) is 23.7 Å². The SMILES string of the molecule is C[C@H]1[C@@H](OCc2cn(-c3ccc(C(=O)N4CCCCC4)cc3)nn2)O[C@@H]2O[C@@]3(C)CC[C@H]4[C@H](C)CC[C@@H]1[C@@]24OO3. The number of piperidine rings is 1. The minimum atomic E-state index is -0.806. The van der Waals surface area contributed by atoms with Gasteiger partial charge in [0, 0.05) is 36.9 Å². The molecule has 1 aromatic carbocycles. The molecule has 1 spiro atoms. The van der Waals surface area contributed by atoms with Crippen LogP contribution in [0.15, 0.2) is 30.5 Å². The number of rotatable bonds is 5. The Labute approximate surface area is 235 Å². The van der Waals surface area contributed by atoms with E-state index in [1.165, 1.54) is 6.42 Å². The molecular weight excluding hydrogens is 512 g/mol. The topological polar surface area (TPSA) is 97.2 Å². The van der Waals surface area contributed by atoms with Gasteiger partial charge in [0.05, 0.1) is 18.5 Å². The molecule has 216 valence electrons. The van der Waals surface area contributed by atoms with Gasteiger partial charge in [0.15, 0.2) is 18.2 Å². The fourth-order valence-electron chi connectivity index (χ4n) is 7.76. The number of hydrogen-bond donors (Lipinski definition) is 0. The van der Waals surface area contributed by atoms with Gasteiger partial charge in [-0.25, -0.2) is 14.5 Å². The highest BCUT2D eigenvalue weighted by molar-refractivity contribution is 5.94. The van der Waals surface area contributed by atoms with Gasteiger partial charge in [-0.3, -0.25) is 4.79 Å². The van der Waals surface area contributed by atoms with Crippen LogP contribution in [-0.2, 0) is 30.6 Å². The Balaban J connectivity index is 1.02. The van der Waals surface area contributed by atoms with E-state index in [1.807, 2.05) is 42.3 Å². The normalized spacial score (nSPS) is 39.0. The first-order valence-electron chi connectivity index (χ1n) is 15.0. The number of likely N-dealkylation sites (tertiary alicyclic amines) is 1. The number of ether oxygens (including phenoxy) is 3. The molecule has 8 rings (SSSR count). The van der Waals surface area contributed by atoms with E-state index >= 15 is 0 Å². The van der Waals surface area contributed by atoms with E-state index in [0.717, 1.165) is 57.3 Å². The molecule has 40 heavy (non-hydrogen) atoms. The molecule has 0 radical (unpaired) electrons. The van der Waals surface area contributed by atoms with Crippen molar-refractivity contribution in [3.63, 3.8) is 0 Å². The quantitative estimate of drug-likeness (QED) is 0.496. The van der Waals surface area contributed by atoms with Crippen LogP contribution in [-0.4, -0.2) is 62.9 Å². The van der Waals surface area contributed by atoms with Crippen LogP contribution in [0.4, 0.5) is 0 Å². The molecule has 5 aliphatic heterocycles. The van der Waals surface area contributed by atoms with Crippen molar-refractivity contribution in [2.75, 3.05) is 13.1 Å². The lowest BCUT2D eigenvalue weighted by Gasteiger charge is -2.60. The second-order valence-corrected chi connectivity index (χ2v) is 12.6. The van der Waals surface area contributed by atoms with Crippen molar-refractivity contribution in [3.05, 3.63) is 41.7 Å². The molecule has 2 aromatic rings. The zero-order chi connectivity index (χ0) is 27.5. The number of hydrogen-bond acceptors (Lipinski definition) is 8. The molecule has 6 fully saturated rings. The van der Waals surface area contributed by atoms with Gasteiger partial charge < -0.3 is 19.1 Å². The summed E-state index contributed by atoms with van der Waals surface area (Å²) < 4.78 is 21.0. The summed E-state index contributed by atoms with van der Waals surface area (Å²) in [5, 5.41) is 8.63. The van der Waals surface area contributed by atoms with E-state index in [-0.39, 0.29) is 24.3 Å². The summed E-state index contributed by atoms with van der Waals surface area (Å²) in [4.78, 5) is 26.9. The van der Waals surface area contributed by atoms with Gasteiger partial charge >= 0.3 is 0 Å². The highest BCUT2D eigenvalue weighted by Gasteiger charge is 2.69. The number of carbonyl (C=O) groups excluding carboxylic acids is 1. The first-order valence-corrected chi connectivity index (χ1v) is 15.0. The summed E-state index contributed by atoms with van der Waals surface area (Å²) in [5.41, 5.74) is 1.65. The number of fused-ring (bicyclic) bond motifs is 2. The maximum atomic E-state index is 12.8. The van der Waals surface area contributed by atoms with Crippen LogP contribution < -0.4 is 0 Å². The Morgan fingerprint density at radius 2 is 1.85 bits per heavy atom. The zero-order valence-electron chi connectivity index (χ0n) is 23.7. The van der Waals surface area contributed by atoms with Crippen LogP contribution in [0.2, 0.25) is 0 Å². The number of nitrogens with zero attached hydrogens (tertiary/aromatic N) is 4. The standard InChI is InChI=1S/C30H40N4O6/c1-19-7-12-25-20(2)27(37-28-30(25)24(19)13-14-29(3,38-28)39-40-30)36-18-22-17-34(32-31-22)23-10-8-21(9-11-23)26(35)33-15-5-4-6-16-33/h8-11,17,19-20,24-25,27-28H,4-7,12-16,18H2,1-3H3/t19-,20-,24+,25+,27+,28-,29-,30-/m1/s1. The lowest BCUT2D eigenvalue weighted by atomic mass is 9.58. The molecule has 0 N–H and O–H groups in total. The smallest absolute Gasteiger partial charge is 0.253 e. The number of benzene rings is 1. The Bertz CT molecular complexity index is 1230. The van der Waals surface area contributed by atoms with Gasteiger partial charge in [-0.2, -0.15) is 0 Å². The Morgan fingerprint density at radius 1 is 1.05 bits per heavy atom. The summed E-state index contributed by atoms with van der Waals surface area (Å²) in [7, 11) is 0. The molecule has 10 nitrogen and oxygen atoms in total. The minimum Gasteiger partial charge on any atom is -0.346 e. The van der Waals surface area contributed by atoms with Gasteiger partial charge in [-0.15, -0.1) is 5.10 Å². The average Bonchev–Trinajstić information content (AvgIpc) is 3.34. The minimum absolute atomic E-state index is 0.0953. The summed E-state index contributed by atoms with van der Waals surface area (Å²) in [6.07, 6.45) is 8.19. The van der Waals surface area contributed by atoms with Crippen molar-refractivity contribution < 1.29 is 28.8 Å². The summed E-state index contributed by atoms with van der Waals surface area (Å²) >= 11 is 0. The number of aromatic nitrogens is 3. The average molecular weight is 553 g/mol. The van der Waals surface area contributed by atoms with Crippen LogP contribution in [0.25, 0.3) is 5.69 Å². The van der Waals surface area contributed by atoms with Crippen molar-refractivity contribution in [1.29, 1.82) is 0 Å². The largest absolute Gasteiger partial charge is 0.346 e. The summed E-state index contributed by atoms with van der Waals surface area (Å²) in [6.45, 7) is 8.37. The third-order valence-corrected chi connectivity index (χ3v) is 10.1. The van der Waals surface area contributed by atoms with Crippen LogP contribution in [0.5, 0.6) is 0 Å². The predicted molar refractivity (Wildman–Crippen MR) is 143 cm³/mol. The van der Waals surface area contributed by atoms with E-state index in [2.05, 4.69) is 24.2 Å². The number of carbonyl (C=O) groups is 1. The molecule has 0 unspecified atom stereocenters. The summed E-state index contributed by atoms with van der Waals surface area (Å²) in [5.74, 6) is 0.442. The van der Waals surface area contributed by atoms with Crippen molar-refractivity contribution >= 4 is 5.91 Å². The predicted octanol–water partition coefficient (Wildman–Crippen LogP) is 4.62. The molecule has 1 aliphatic carbocycles. The van der Waals surface area contributed by atoms with E-state index < -0.39 is 24.0 Å². The molecule has 6 aliphatic rings. The van der Waals surface area contributed by atoms with Gasteiger partial charge in [-0.1, -0.05) is 19.1 Å². The molecule has 5 saturated heterocycles. The highest BCUT2D eigenvalue weighted by Crippen LogP contribution is 2.60. The molecule has 8 atom stereocenters. The Morgan fingerprint density at radius 3 is 2.65 bits per heavy atom. The molecule has 6 heterocycles. The van der Waals surface area contributed by atoms with Crippen LogP contribution in [0, 0.1) is 23.7 Å². The second kappa shape index (κ2) is 10.2. The third-order valence-electron chi connectivity index (χ3n) is 10.1.